The van der Waals surface area contributed by atoms with Crippen LogP contribution in [-0.2, 0) is 21.1 Å². The molecule has 0 saturated carbocycles. The maximum absolute atomic E-state index is 12.1. The van der Waals surface area contributed by atoms with Crippen molar-refractivity contribution in [2.75, 3.05) is 5.75 Å². The first-order valence-corrected chi connectivity index (χ1v) is 8.07. The number of sulfone groups is 1. The first-order chi connectivity index (χ1) is 10.4. The molecule has 0 aliphatic heterocycles. The highest BCUT2D eigenvalue weighted by Gasteiger charge is 2.21. The van der Waals surface area contributed by atoms with Crippen LogP contribution in [0.25, 0.3) is 0 Å². The molecule has 22 heavy (non-hydrogen) atoms. The first kappa shape index (κ1) is 15.8. The lowest BCUT2D eigenvalue weighted by Gasteiger charge is -2.09. The van der Waals surface area contributed by atoms with Gasteiger partial charge in [-0.2, -0.15) is 0 Å². The van der Waals surface area contributed by atoms with Gasteiger partial charge in [0, 0.05) is 12.1 Å². The summed E-state index contributed by atoms with van der Waals surface area (Å²) >= 11 is 0. The van der Waals surface area contributed by atoms with E-state index < -0.39 is 20.5 Å². The van der Waals surface area contributed by atoms with Crippen LogP contribution >= 0.6 is 0 Å². The lowest BCUT2D eigenvalue weighted by Crippen LogP contribution is -2.11. The second-order valence-corrected chi connectivity index (χ2v) is 6.66. The van der Waals surface area contributed by atoms with Gasteiger partial charge in [-0.1, -0.05) is 30.3 Å². The van der Waals surface area contributed by atoms with Crippen molar-refractivity contribution < 1.29 is 18.1 Å². The Labute approximate surface area is 127 Å². The van der Waals surface area contributed by atoms with Crippen molar-refractivity contribution in [2.24, 2.45) is 0 Å². The monoisotopic (exact) mass is 319 g/mol. The fourth-order valence-corrected chi connectivity index (χ4v) is 3.28. The summed E-state index contributed by atoms with van der Waals surface area (Å²) in [6, 6.07) is 12.6. The van der Waals surface area contributed by atoms with Crippen LogP contribution in [-0.4, -0.2) is 25.4 Å². The van der Waals surface area contributed by atoms with Gasteiger partial charge in [-0.15, -0.1) is 0 Å². The van der Waals surface area contributed by atoms with Crippen LogP contribution in [0.4, 0.5) is 5.69 Å². The minimum absolute atomic E-state index is 0.0472. The molecular formula is C15H13NO5S. The van der Waals surface area contributed by atoms with E-state index in [0.29, 0.717) is 11.8 Å². The van der Waals surface area contributed by atoms with Crippen LogP contribution in [0.3, 0.4) is 0 Å². The van der Waals surface area contributed by atoms with Crippen molar-refractivity contribution >= 4 is 21.8 Å². The molecule has 0 amide bonds. The highest BCUT2D eigenvalue weighted by Crippen LogP contribution is 2.25. The van der Waals surface area contributed by atoms with E-state index in [2.05, 4.69) is 0 Å². The standard InChI is InChI=1S/C15H13NO5S/c17-8-9-22(20,21)15-7-6-14(16(18)19)11-13(15)10-12-4-2-1-3-5-12/h1-8,11H,9-10H2. The van der Waals surface area contributed by atoms with Crippen molar-refractivity contribution in [1.82, 2.24) is 0 Å². The van der Waals surface area contributed by atoms with Crippen LogP contribution in [0.2, 0.25) is 0 Å². The van der Waals surface area contributed by atoms with Gasteiger partial charge in [-0.25, -0.2) is 8.42 Å². The van der Waals surface area contributed by atoms with Crippen molar-refractivity contribution in [3.8, 4) is 0 Å². The molecule has 0 unspecified atom stereocenters. The second-order valence-electron chi connectivity index (χ2n) is 4.66. The van der Waals surface area contributed by atoms with Gasteiger partial charge in [-0.3, -0.25) is 10.1 Å². The average Bonchev–Trinajstić information content (AvgIpc) is 2.48. The van der Waals surface area contributed by atoms with E-state index >= 15 is 0 Å². The lowest BCUT2D eigenvalue weighted by molar-refractivity contribution is -0.385. The SMILES string of the molecule is O=CCS(=O)(=O)c1ccc([N+](=O)[O-])cc1Cc1ccccc1. The van der Waals surface area contributed by atoms with E-state index in [1.165, 1.54) is 12.1 Å². The van der Waals surface area contributed by atoms with Gasteiger partial charge < -0.3 is 4.79 Å². The Kier molecular flexibility index (Phi) is 4.67. The van der Waals surface area contributed by atoms with Crippen LogP contribution in [0.15, 0.2) is 53.4 Å². The van der Waals surface area contributed by atoms with Crippen LogP contribution in [0.1, 0.15) is 11.1 Å². The predicted octanol–water partition coefficient (Wildman–Crippen LogP) is 2.16. The number of aldehydes is 1. The molecule has 0 fully saturated rings. The molecule has 0 saturated heterocycles. The molecule has 0 aromatic heterocycles. The number of hydrogen-bond acceptors (Lipinski definition) is 5. The molecule has 114 valence electrons. The number of rotatable bonds is 6. The minimum Gasteiger partial charge on any atom is -0.302 e. The van der Waals surface area contributed by atoms with E-state index in [1.807, 2.05) is 6.07 Å². The molecule has 0 N–H and O–H groups in total. The molecule has 7 heteroatoms. The van der Waals surface area contributed by atoms with E-state index in [-0.39, 0.29) is 17.0 Å². The summed E-state index contributed by atoms with van der Waals surface area (Å²) in [4.78, 5) is 20.8. The molecule has 0 radical (unpaired) electrons. The molecule has 6 nitrogen and oxygen atoms in total. The summed E-state index contributed by atoms with van der Waals surface area (Å²) in [5, 5.41) is 10.9. The van der Waals surface area contributed by atoms with Gasteiger partial charge in [0.25, 0.3) is 5.69 Å². The van der Waals surface area contributed by atoms with E-state index in [4.69, 9.17) is 0 Å². The molecule has 2 aromatic rings. The van der Waals surface area contributed by atoms with E-state index in [9.17, 15) is 23.3 Å². The largest absolute Gasteiger partial charge is 0.302 e. The second kappa shape index (κ2) is 6.48. The summed E-state index contributed by atoms with van der Waals surface area (Å²) in [5.41, 5.74) is 0.948. The Morgan fingerprint density at radius 3 is 2.36 bits per heavy atom. The number of benzene rings is 2. The third-order valence-corrected chi connectivity index (χ3v) is 4.76. The molecule has 2 rings (SSSR count). The van der Waals surface area contributed by atoms with Crippen molar-refractivity contribution in [3.63, 3.8) is 0 Å². The van der Waals surface area contributed by atoms with Gasteiger partial charge in [0.1, 0.15) is 12.0 Å². The molecule has 0 bridgehead atoms. The van der Waals surface area contributed by atoms with Gasteiger partial charge >= 0.3 is 0 Å². The van der Waals surface area contributed by atoms with E-state index in [0.717, 1.165) is 11.6 Å². The predicted molar refractivity (Wildman–Crippen MR) is 80.5 cm³/mol. The third kappa shape index (κ3) is 3.56. The van der Waals surface area contributed by atoms with Crippen molar-refractivity contribution in [3.05, 3.63) is 69.8 Å². The van der Waals surface area contributed by atoms with Crippen molar-refractivity contribution in [1.29, 1.82) is 0 Å². The lowest BCUT2D eigenvalue weighted by atomic mass is 10.0. The Bertz CT molecular complexity index is 800. The fraction of sp³-hybridized carbons (Fsp3) is 0.133. The van der Waals surface area contributed by atoms with Crippen molar-refractivity contribution in [2.45, 2.75) is 11.3 Å². The molecule has 0 heterocycles. The molecular weight excluding hydrogens is 306 g/mol. The number of carbonyl (C=O) groups is 1. The van der Waals surface area contributed by atoms with Crippen LogP contribution in [0.5, 0.6) is 0 Å². The van der Waals surface area contributed by atoms with Gasteiger partial charge in [0.05, 0.1) is 9.82 Å². The highest BCUT2D eigenvalue weighted by molar-refractivity contribution is 7.92. The number of carbonyl (C=O) groups excluding carboxylic acids is 1. The first-order valence-electron chi connectivity index (χ1n) is 6.41. The Morgan fingerprint density at radius 2 is 1.77 bits per heavy atom. The molecule has 2 aromatic carbocycles. The maximum atomic E-state index is 12.1. The van der Waals surface area contributed by atoms with Gasteiger partial charge in [0.15, 0.2) is 9.84 Å². The summed E-state index contributed by atoms with van der Waals surface area (Å²) in [6.07, 6.45) is 0.541. The van der Waals surface area contributed by atoms with Crippen LogP contribution in [0, 0.1) is 10.1 Å². The molecule has 0 atom stereocenters. The quantitative estimate of drug-likeness (QED) is 0.462. The maximum Gasteiger partial charge on any atom is 0.269 e. The smallest absolute Gasteiger partial charge is 0.269 e. The van der Waals surface area contributed by atoms with Gasteiger partial charge in [0.2, 0.25) is 0 Å². The summed E-state index contributed by atoms with van der Waals surface area (Å²) in [5.74, 6) is -0.646. The summed E-state index contributed by atoms with van der Waals surface area (Å²) in [6.45, 7) is 0. The number of nitro groups is 1. The molecule has 0 aliphatic rings. The fourth-order valence-electron chi connectivity index (χ4n) is 2.12. The normalized spacial score (nSPS) is 11.1. The Balaban J connectivity index is 2.54. The van der Waals surface area contributed by atoms with Crippen LogP contribution < -0.4 is 0 Å². The molecule has 0 aliphatic carbocycles. The number of hydrogen-bond donors (Lipinski definition) is 0. The van der Waals surface area contributed by atoms with E-state index in [1.54, 1.807) is 24.3 Å². The number of nitrogens with zero attached hydrogens (tertiary/aromatic N) is 1. The van der Waals surface area contributed by atoms with Gasteiger partial charge in [-0.05, 0) is 23.6 Å². The Morgan fingerprint density at radius 1 is 1.09 bits per heavy atom. The zero-order valence-corrected chi connectivity index (χ0v) is 12.3. The number of non-ortho nitro benzene ring substituents is 1. The minimum atomic E-state index is -3.79. The summed E-state index contributed by atoms with van der Waals surface area (Å²) < 4.78 is 24.2. The number of nitro benzene ring substituents is 1. The third-order valence-electron chi connectivity index (χ3n) is 3.11. The summed E-state index contributed by atoms with van der Waals surface area (Å²) in [7, 11) is -3.79. The highest BCUT2D eigenvalue weighted by atomic mass is 32.2. The molecule has 0 spiro atoms. The zero-order valence-electron chi connectivity index (χ0n) is 11.5. The Hall–Kier alpha value is -2.54. The zero-order chi connectivity index (χ0) is 16.2. The topological polar surface area (TPSA) is 94.3 Å². The average molecular weight is 319 g/mol.